The standard InChI is InChI=1S/C23H30N2O3/c1-14-7-9-16(10-8-14)12-20(26)24-18-13-17-19(11-15(18)2)28-23(3,4)22(27)21(17)25(5)6/h7-11,13,21-22,27H,12H2,1-6H3,(H,24,26)/t21-,22+/m1/s1. The molecule has 5 heteroatoms. The van der Waals surface area contributed by atoms with E-state index in [9.17, 15) is 9.90 Å². The maximum Gasteiger partial charge on any atom is 0.228 e. The van der Waals surface area contributed by atoms with E-state index in [2.05, 4.69) is 5.32 Å². The Kier molecular flexibility index (Phi) is 5.50. The molecule has 0 aromatic heterocycles. The molecular weight excluding hydrogens is 352 g/mol. The molecule has 0 fully saturated rings. The number of anilines is 1. The number of ether oxygens (including phenoxy) is 1. The van der Waals surface area contributed by atoms with Crippen LogP contribution in [0.4, 0.5) is 5.69 Å². The number of hydrogen-bond acceptors (Lipinski definition) is 4. The van der Waals surface area contributed by atoms with E-state index in [4.69, 9.17) is 4.74 Å². The van der Waals surface area contributed by atoms with E-state index < -0.39 is 11.7 Å². The summed E-state index contributed by atoms with van der Waals surface area (Å²) >= 11 is 0. The summed E-state index contributed by atoms with van der Waals surface area (Å²) in [6.07, 6.45) is -0.367. The van der Waals surface area contributed by atoms with Crippen LogP contribution >= 0.6 is 0 Å². The summed E-state index contributed by atoms with van der Waals surface area (Å²) in [5.74, 6) is 0.689. The smallest absolute Gasteiger partial charge is 0.228 e. The largest absolute Gasteiger partial charge is 0.485 e. The van der Waals surface area contributed by atoms with Crippen LogP contribution in [-0.4, -0.2) is 41.7 Å². The minimum Gasteiger partial charge on any atom is -0.485 e. The number of aliphatic hydroxyl groups is 1. The maximum absolute atomic E-state index is 12.6. The van der Waals surface area contributed by atoms with Gasteiger partial charge < -0.3 is 15.2 Å². The van der Waals surface area contributed by atoms with E-state index in [-0.39, 0.29) is 11.9 Å². The monoisotopic (exact) mass is 382 g/mol. The summed E-state index contributed by atoms with van der Waals surface area (Å²) in [6, 6.07) is 11.6. The van der Waals surface area contributed by atoms with Crippen molar-refractivity contribution in [1.29, 1.82) is 0 Å². The fourth-order valence-electron chi connectivity index (χ4n) is 3.69. The number of aliphatic hydroxyl groups excluding tert-OH is 1. The molecule has 0 aliphatic carbocycles. The number of fused-ring (bicyclic) bond motifs is 1. The molecule has 2 atom stereocenters. The molecular formula is C23H30N2O3. The quantitative estimate of drug-likeness (QED) is 0.848. The second-order valence-electron chi connectivity index (χ2n) is 8.47. The lowest BCUT2D eigenvalue weighted by Crippen LogP contribution is -2.52. The van der Waals surface area contributed by atoms with E-state index in [0.29, 0.717) is 6.42 Å². The van der Waals surface area contributed by atoms with Crippen LogP contribution < -0.4 is 10.1 Å². The van der Waals surface area contributed by atoms with E-state index in [1.807, 2.05) is 83.1 Å². The van der Waals surface area contributed by atoms with Gasteiger partial charge in [-0.3, -0.25) is 9.69 Å². The lowest BCUT2D eigenvalue weighted by atomic mass is 9.85. The Morgan fingerprint density at radius 2 is 1.82 bits per heavy atom. The zero-order valence-electron chi connectivity index (χ0n) is 17.5. The van der Waals surface area contributed by atoms with E-state index in [1.54, 1.807) is 0 Å². The van der Waals surface area contributed by atoms with Crippen molar-refractivity contribution in [2.45, 2.75) is 51.9 Å². The Morgan fingerprint density at radius 1 is 1.18 bits per heavy atom. The Labute approximate surface area is 167 Å². The maximum atomic E-state index is 12.6. The van der Waals surface area contributed by atoms with Gasteiger partial charge >= 0.3 is 0 Å². The normalized spacial score (nSPS) is 20.4. The van der Waals surface area contributed by atoms with Gasteiger partial charge in [0, 0.05) is 11.3 Å². The molecule has 1 heterocycles. The third-order valence-corrected chi connectivity index (χ3v) is 5.38. The van der Waals surface area contributed by atoms with Gasteiger partial charge in [-0.1, -0.05) is 29.8 Å². The molecule has 2 N–H and O–H groups in total. The first-order valence-electron chi connectivity index (χ1n) is 9.62. The lowest BCUT2D eigenvalue weighted by molar-refractivity contribution is -0.115. The van der Waals surface area contributed by atoms with Crippen LogP contribution in [0.2, 0.25) is 0 Å². The van der Waals surface area contributed by atoms with Crippen molar-refractivity contribution >= 4 is 11.6 Å². The summed E-state index contributed by atoms with van der Waals surface area (Å²) < 4.78 is 6.07. The Bertz CT molecular complexity index is 872. The number of likely N-dealkylation sites (N-methyl/N-ethyl adjacent to an activating group) is 1. The molecule has 0 spiro atoms. The van der Waals surface area contributed by atoms with Gasteiger partial charge in [0.05, 0.1) is 12.5 Å². The van der Waals surface area contributed by atoms with Crippen LogP contribution in [0.25, 0.3) is 0 Å². The molecule has 1 aliphatic heterocycles. The Morgan fingerprint density at radius 3 is 2.43 bits per heavy atom. The van der Waals surface area contributed by atoms with E-state index >= 15 is 0 Å². The second kappa shape index (κ2) is 7.57. The fourth-order valence-corrected chi connectivity index (χ4v) is 3.69. The molecule has 2 aromatic rings. The molecule has 2 aromatic carbocycles. The average molecular weight is 383 g/mol. The van der Waals surface area contributed by atoms with Crippen molar-refractivity contribution in [3.05, 3.63) is 58.7 Å². The number of rotatable bonds is 4. The number of aryl methyl sites for hydroxylation is 2. The molecule has 0 radical (unpaired) electrons. The number of amides is 1. The van der Waals surface area contributed by atoms with Gasteiger partial charge in [0.1, 0.15) is 17.5 Å². The Hall–Kier alpha value is -2.37. The van der Waals surface area contributed by atoms with Crippen molar-refractivity contribution in [1.82, 2.24) is 4.90 Å². The molecule has 0 saturated carbocycles. The van der Waals surface area contributed by atoms with Crippen molar-refractivity contribution in [2.75, 3.05) is 19.4 Å². The van der Waals surface area contributed by atoms with Gasteiger partial charge in [0.15, 0.2) is 0 Å². The summed E-state index contributed by atoms with van der Waals surface area (Å²) in [5.41, 5.74) is 4.02. The topological polar surface area (TPSA) is 61.8 Å². The molecule has 0 unspecified atom stereocenters. The minimum atomic E-state index is -0.690. The van der Waals surface area contributed by atoms with Crippen LogP contribution in [0.1, 0.15) is 42.1 Å². The highest BCUT2D eigenvalue weighted by atomic mass is 16.5. The van der Waals surface area contributed by atoms with Crippen LogP contribution in [0.15, 0.2) is 36.4 Å². The summed E-state index contributed by atoms with van der Waals surface area (Å²) in [6.45, 7) is 7.76. The van der Waals surface area contributed by atoms with Crippen LogP contribution in [0.3, 0.4) is 0 Å². The lowest BCUT2D eigenvalue weighted by Gasteiger charge is -2.44. The third-order valence-electron chi connectivity index (χ3n) is 5.38. The number of nitrogens with zero attached hydrogens (tertiary/aromatic N) is 1. The Balaban J connectivity index is 1.87. The van der Waals surface area contributed by atoms with Crippen molar-refractivity contribution in [3.8, 4) is 5.75 Å². The number of hydrogen-bond donors (Lipinski definition) is 2. The first kappa shape index (κ1) is 20.4. The first-order chi connectivity index (χ1) is 13.1. The highest BCUT2D eigenvalue weighted by Gasteiger charge is 2.44. The van der Waals surface area contributed by atoms with Crippen molar-refractivity contribution in [2.24, 2.45) is 0 Å². The fraction of sp³-hybridized carbons (Fsp3) is 0.435. The molecule has 1 aliphatic rings. The molecule has 1 amide bonds. The highest BCUT2D eigenvalue weighted by Crippen LogP contribution is 2.44. The van der Waals surface area contributed by atoms with Gasteiger partial charge in [-0.05, 0) is 65.0 Å². The van der Waals surface area contributed by atoms with Crippen LogP contribution in [0, 0.1) is 13.8 Å². The van der Waals surface area contributed by atoms with Gasteiger partial charge in [-0.15, -0.1) is 0 Å². The van der Waals surface area contributed by atoms with Gasteiger partial charge in [-0.25, -0.2) is 0 Å². The van der Waals surface area contributed by atoms with Crippen LogP contribution in [-0.2, 0) is 11.2 Å². The predicted molar refractivity (Wildman–Crippen MR) is 112 cm³/mol. The minimum absolute atomic E-state index is 0.0640. The zero-order chi connectivity index (χ0) is 20.6. The number of nitrogens with one attached hydrogen (secondary N) is 1. The molecule has 5 nitrogen and oxygen atoms in total. The predicted octanol–water partition coefficient (Wildman–Crippen LogP) is 3.62. The van der Waals surface area contributed by atoms with Crippen molar-refractivity contribution < 1.29 is 14.6 Å². The second-order valence-corrected chi connectivity index (χ2v) is 8.47. The molecule has 0 saturated heterocycles. The van der Waals surface area contributed by atoms with Gasteiger partial charge in [-0.2, -0.15) is 0 Å². The van der Waals surface area contributed by atoms with E-state index in [1.165, 1.54) is 5.56 Å². The highest BCUT2D eigenvalue weighted by molar-refractivity contribution is 5.93. The van der Waals surface area contributed by atoms with E-state index in [0.717, 1.165) is 28.1 Å². The van der Waals surface area contributed by atoms with Gasteiger partial charge in [0.25, 0.3) is 0 Å². The zero-order valence-corrected chi connectivity index (χ0v) is 17.5. The molecule has 28 heavy (non-hydrogen) atoms. The van der Waals surface area contributed by atoms with Crippen LogP contribution in [0.5, 0.6) is 5.75 Å². The number of benzene rings is 2. The number of carbonyl (C=O) groups is 1. The summed E-state index contributed by atoms with van der Waals surface area (Å²) in [7, 11) is 3.88. The molecule has 150 valence electrons. The molecule has 3 rings (SSSR count). The van der Waals surface area contributed by atoms with Crippen molar-refractivity contribution in [3.63, 3.8) is 0 Å². The SMILES string of the molecule is Cc1ccc(CC(=O)Nc2cc3c(cc2C)OC(C)(C)[C@@H](O)[C@@H]3N(C)C)cc1. The van der Waals surface area contributed by atoms with Gasteiger partial charge in [0.2, 0.25) is 5.91 Å². The number of carbonyl (C=O) groups excluding carboxylic acids is 1. The average Bonchev–Trinajstić information content (AvgIpc) is 2.59. The molecule has 0 bridgehead atoms. The first-order valence-corrected chi connectivity index (χ1v) is 9.62. The summed E-state index contributed by atoms with van der Waals surface area (Å²) in [4.78, 5) is 14.6. The third kappa shape index (κ3) is 4.05. The summed E-state index contributed by atoms with van der Waals surface area (Å²) in [5, 5.41) is 13.8.